The van der Waals surface area contributed by atoms with Crippen LogP contribution >= 0.6 is 0 Å². The van der Waals surface area contributed by atoms with Crippen LogP contribution in [0.15, 0.2) is 57.5 Å². The Morgan fingerprint density at radius 1 is 0.800 bits per heavy atom. The third-order valence-electron chi connectivity index (χ3n) is 5.19. The number of benzene rings is 1. The highest BCUT2D eigenvalue weighted by molar-refractivity contribution is 5.51. The van der Waals surface area contributed by atoms with Gasteiger partial charge in [0.05, 0.1) is 11.4 Å². The summed E-state index contributed by atoms with van der Waals surface area (Å²) in [6.45, 7) is 9.13. The minimum absolute atomic E-state index is 0.124. The highest BCUT2D eigenvalue weighted by atomic mass is 16.3. The first kappa shape index (κ1) is 17.3. The van der Waals surface area contributed by atoms with Crippen molar-refractivity contribution in [2.75, 3.05) is 0 Å². The third kappa shape index (κ3) is 3.48. The summed E-state index contributed by atoms with van der Waals surface area (Å²) >= 11 is 0. The van der Waals surface area contributed by atoms with E-state index in [1.807, 2.05) is 6.07 Å². The number of azo groups is 1. The van der Waals surface area contributed by atoms with Crippen molar-refractivity contribution in [3.8, 4) is 5.75 Å². The van der Waals surface area contributed by atoms with Gasteiger partial charge in [-0.1, -0.05) is 33.8 Å². The Morgan fingerprint density at radius 3 is 2.08 bits per heavy atom. The van der Waals surface area contributed by atoms with Crippen molar-refractivity contribution >= 4 is 11.4 Å². The Labute approximate surface area is 148 Å². The smallest absolute Gasteiger partial charge is 0.220 e. The van der Waals surface area contributed by atoms with E-state index in [9.17, 15) is 9.90 Å². The zero-order valence-corrected chi connectivity index (χ0v) is 15.2. The summed E-state index contributed by atoms with van der Waals surface area (Å²) in [4.78, 5) is 11.4. The molecule has 2 aromatic rings. The van der Waals surface area contributed by atoms with E-state index >= 15 is 0 Å². The topological polar surface area (TPSA) is 62.0 Å². The number of hydrogen-bond acceptors (Lipinski definition) is 4. The Kier molecular flexibility index (Phi) is 4.23. The normalized spacial score (nSPS) is 18.1. The number of rotatable bonds is 2. The predicted molar refractivity (Wildman–Crippen MR) is 100 cm³/mol. The van der Waals surface area contributed by atoms with E-state index in [-0.39, 0.29) is 16.6 Å². The minimum atomic E-state index is -0.431. The molecule has 0 saturated heterocycles. The van der Waals surface area contributed by atoms with Crippen molar-refractivity contribution in [1.29, 1.82) is 0 Å². The van der Waals surface area contributed by atoms with E-state index < -0.39 is 5.43 Å². The fourth-order valence-electron chi connectivity index (χ4n) is 3.37. The summed E-state index contributed by atoms with van der Waals surface area (Å²) in [5.41, 5.74) is 3.90. The summed E-state index contributed by atoms with van der Waals surface area (Å²) < 4.78 is 0. The van der Waals surface area contributed by atoms with Crippen LogP contribution in [-0.4, -0.2) is 5.11 Å². The first-order valence-electron chi connectivity index (χ1n) is 8.59. The van der Waals surface area contributed by atoms with Crippen LogP contribution in [-0.2, 0) is 10.8 Å². The zero-order chi connectivity index (χ0) is 18.2. The van der Waals surface area contributed by atoms with Gasteiger partial charge in [-0.3, -0.25) is 4.79 Å². The minimum Gasteiger partial charge on any atom is -0.504 e. The lowest BCUT2D eigenvalue weighted by atomic mass is 9.63. The van der Waals surface area contributed by atoms with E-state index in [1.165, 1.54) is 29.7 Å². The summed E-state index contributed by atoms with van der Waals surface area (Å²) in [5.74, 6) is -0.292. The average molecular weight is 336 g/mol. The summed E-state index contributed by atoms with van der Waals surface area (Å²) in [6.07, 6.45) is 2.32. The Hall–Kier alpha value is -2.49. The second-order valence-electron chi connectivity index (χ2n) is 8.04. The standard InChI is InChI=1S/C21H24N2O2/c1-20(2)11-12-21(3,4)17-13-15(5-8-16(17)20)23-22-14-6-9-18(24)19(25)10-7-14/h5-10,13H,11-12H2,1-4H3,(H,24,25)/b23-22+. The maximum atomic E-state index is 11.4. The molecule has 0 fully saturated rings. The van der Waals surface area contributed by atoms with Gasteiger partial charge in [-0.25, -0.2) is 0 Å². The molecule has 2 aromatic carbocycles. The largest absolute Gasteiger partial charge is 0.504 e. The molecule has 0 aliphatic heterocycles. The van der Waals surface area contributed by atoms with Crippen molar-refractivity contribution in [1.82, 2.24) is 0 Å². The van der Waals surface area contributed by atoms with E-state index in [0.29, 0.717) is 5.69 Å². The van der Waals surface area contributed by atoms with Gasteiger partial charge in [0.25, 0.3) is 0 Å². The van der Waals surface area contributed by atoms with Crippen LogP contribution in [0.5, 0.6) is 5.75 Å². The van der Waals surface area contributed by atoms with Crippen LogP contribution in [0.3, 0.4) is 0 Å². The average Bonchev–Trinajstić information content (AvgIpc) is 2.72. The number of aromatic hydroxyl groups is 1. The van der Waals surface area contributed by atoms with Crippen LogP contribution in [0.2, 0.25) is 0 Å². The van der Waals surface area contributed by atoms with Gasteiger partial charge in [0.2, 0.25) is 5.43 Å². The molecule has 4 heteroatoms. The molecule has 0 heterocycles. The van der Waals surface area contributed by atoms with Crippen LogP contribution < -0.4 is 5.43 Å². The molecule has 0 spiro atoms. The molecular formula is C21H24N2O2. The lowest BCUT2D eigenvalue weighted by Crippen LogP contribution is -2.33. The molecule has 0 amide bonds. The van der Waals surface area contributed by atoms with Gasteiger partial charge in [0.15, 0.2) is 5.75 Å². The summed E-state index contributed by atoms with van der Waals surface area (Å²) in [5, 5.41) is 18.0. The van der Waals surface area contributed by atoms with Gasteiger partial charge in [-0.05, 0) is 71.2 Å². The quantitative estimate of drug-likeness (QED) is 0.734. The summed E-state index contributed by atoms with van der Waals surface area (Å²) in [6, 6.07) is 12.0. The predicted octanol–water partition coefficient (Wildman–Crippen LogP) is 5.52. The number of fused-ring (bicyclic) bond motifs is 1. The van der Waals surface area contributed by atoms with Crippen LogP contribution in [0, 0.1) is 0 Å². The molecule has 130 valence electrons. The fraction of sp³-hybridized carbons (Fsp3) is 0.381. The molecule has 0 saturated carbocycles. The first-order valence-corrected chi connectivity index (χ1v) is 8.59. The van der Waals surface area contributed by atoms with E-state index in [2.05, 4.69) is 50.1 Å². The van der Waals surface area contributed by atoms with Gasteiger partial charge >= 0.3 is 0 Å². The molecule has 4 nitrogen and oxygen atoms in total. The third-order valence-corrected chi connectivity index (χ3v) is 5.19. The SMILES string of the molecule is CC1(C)CCC(C)(C)c2cc(/N=N/c3ccc(O)c(=O)cc3)ccc21. The molecule has 0 bridgehead atoms. The van der Waals surface area contributed by atoms with Crippen molar-refractivity contribution in [3.63, 3.8) is 0 Å². The van der Waals surface area contributed by atoms with E-state index in [0.717, 1.165) is 12.1 Å². The summed E-state index contributed by atoms with van der Waals surface area (Å²) in [7, 11) is 0. The Bertz CT molecular complexity index is 898. The van der Waals surface area contributed by atoms with Crippen molar-refractivity contribution < 1.29 is 5.11 Å². The number of nitrogens with zero attached hydrogens (tertiary/aromatic N) is 2. The highest BCUT2D eigenvalue weighted by Crippen LogP contribution is 2.46. The molecular weight excluding hydrogens is 312 g/mol. The lowest BCUT2D eigenvalue weighted by Gasteiger charge is -2.41. The van der Waals surface area contributed by atoms with Gasteiger partial charge in [-0.15, -0.1) is 0 Å². The highest BCUT2D eigenvalue weighted by Gasteiger charge is 2.36. The van der Waals surface area contributed by atoms with Crippen molar-refractivity contribution in [3.05, 3.63) is 63.8 Å². The lowest BCUT2D eigenvalue weighted by molar-refractivity contribution is 0.332. The Balaban J connectivity index is 1.98. The maximum absolute atomic E-state index is 11.4. The van der Waals surface area contributed by atoms with Crippen LogP contribution in [0.25, 0.3) is 0 Å². The van der Waals surface area contributed by atoms with Crippen molar-refractivity contribution in [2.24, 2.45) is 10.2 Å². The maximum Gasteiger partial charge on any atom is 0.220 e. The molecule has 25 heavy (non-hydrogen) atoms. The molecule has 1 aliphatic rings. The number of hydrogen-bond donors (Lipinski definition) is 1. The Morgan fingerprint density at radius 2 is 1.36 bits per heavy atom. The second-order valence-corrected chi connectivity index (χ2v) is 8.04. The van der Waals surface area contributed by atoms with Gasteiger partial charge in [0.1, 0.15) is 0 Å². The van der Waals surface area contributed by atoms with Gasteiger partial charge in [-0.2, -0.15) is 10.2 Å². The molecule has 0 radical (unpaired) electrons. The molecule has 0 atom stereocenters. The fourth-order valence-corrected chi connectivity index (χ4v) is 3.37. The first-order chi connectivity index (χ1) is 11.7. The molecule has 0 unspecified atom stereocenters. The molecule has 1 N–H and O–H groups in total. The van der Waals surface area contributed by atoms with Crippen LogP contribution in [0.4, 0.5) is 11.4 Å². The molecule has 3 rings (SSSR count). The van der Waals surface area contributed by atoms with Crippen molar-refractivity contribution in [2.45, 2.75) is 51.4 Å². The molecule has 1 aliphatic carbocycles. The zero-order valence-electron chi connectivity index (χ0n) is 15.2. The van der Waals surface area contributed by atoms with Gasteiger partial charge in [0, 0.05) is 0 Å². The van der Waals surface area contributed by atoms with Gasteiger partial charge < -0.3 is 5.11 Å². The second kappa shape index (κ2) is 6.10. The van der Waals surface area contributed by atoms with E-state index in [4.69, 9.17) is 0 Å². The van der Waals surface area contributed by atoms with Crippen LogP contribution in [0.1, 0.15) is 51.7 Å². The monoisotopic (exact) mass is 336 g/mol. The van der Waals surface area contributed by atoms with E-state index in [1.54, 1.807) is 12.1 Å². The molecule has 0 aromatic heterocycles.